The summed E-state index contributed by atoms with van der Waals surface area (Å²) in [6.45, 7) is 3.92. The Balaban J connectivity index is 2.27. The van der Waals surface area contributed by atoms with E-state index >= 15 is 0 Å². The van der Waals surface area contributed by atoms with Crippen LogP contribution in [0.1, 0.15) is 40.0 Å². The minimum Gasteiger partial charge on any atom is -0.465 e. The molecule has 0 unspecified atom stereocenters. The van der Waals surface area contributed by atoms with Crippen molar-refractivity contribution in [2.24, 2.45) is 0 Å². The molecule has 6 nitrogen and oxygen atoms in total. The molecular weight excluding hydrogens is 290 g/mol. The Morgan fingerprint density at radius 3 is 2.76 bits per heavy atom. The molecule has 3 N–H and O–H groups in total. The molecule has 0 aromatic carbocycles. The predicted molar refractivity (Wildman–Crippen MR) is 82.8 cm³/mol. The van der Waals surface area contributed by atoms with Crippen molar-refractivity contribution in [1.82, 2.24) is 4.57 Å². The fourth-order valence-corrected chi connectivity index (χ4v) is 2.72. The van der Waals surface area contributed by atoms with Gasteiger partial charge in [-0.3, -0.25) is 4.79 Å². The Morgan fingerprint density at radius 1 is 1.43 bits per heavy atom. The standard InChI is InChI=1S/C14H17N3O3S/c1-8(2)17-7-9(15)6-11(17)13(18)16-10-4-5-21-12(10)14(19)20-3/h4-8H,15H2,1-3H3,(H,16,18). The number of nitrogens with zero attached hydrogens (tertiary/aromatic N) is 1. The van der Waals surface area contributed by atoms with Crippen molar-refractivity contribution < 1.29 is 14.3 Å². The zero-order valence-electron chi connectivity index (χ0n) is 12.0. The number of carbonyl (C=O) groups is 2. The van der Waals surface area contributed by atoms with Crippen molar-refractivity contribution in [1.29, 1.82) is 0 Å². The molecule has 2 rings (SSSR count). The summed E-state index contributed by atoms with van der Waals surface area (Å²) in [5, 5.41) is 4.44. The molecule has 0 fully saturated rings. The molecule has 0 atom stereocenters. The highest BCUT2D eigenvalue weighted by molar-refractivity contribution is 7.12. The number of carbonyl (C=O) groups excluding carboxylic acids is 2. The summed E-state index contributed by atoms with van der Waals surface area (Å²) in [5.41, 5.74) is 7.16. The molecule has 0 saturated carbocycles. The topological polar surface area (TPSA) is 86.3 Å². The fraction of sp³-hybridized carbons (Fsp3) is 0.286. The SMILES string of the molecule is COC(=O)c1sccc1NC(=O)c1cc(N)cn1C(C)C. The van der Waals surface area contributed by atoms with Crippen molar-refractivity contribution >= 4 is 34.6 Å². The number of hydrogen-bond donors (Lipinski definition) is 2. The van der Waals surface area contributed by atoms with Crippen molar-refractivity contribution in [2.75, 3.05) is 18.2 Å². The lowest BCUT2D eigenvalue weighted by Gasteiger charge is -2.12. The molecule has 2 aromatic heterocycles. The van der Waals surface area contributed by atoms with Gasteiger partial charge in [0.2, 0.25) is 0 Å². The molecule has 0 aliphatic carbocycles. The summed E-state index contributed by atoms with van der Waals surface area (Å²) in [5.74, 6) is -0.789. The van der Waals surface area contributed by atoms with Crippen LogP contribution in [0, 0.1) is 0 Å². The highest BCUT2D eigenvalue weighted by Crippen LogP contribution is 2.25. The van der Waals surface area contributed by atoms with Crippen LogP contribution in [0.3, 0.4) is 0 Å². The lowest BCUT2D eigenvalue weighted by Crippen LogP contribution is -2.18. The van der Waals surface area contributed by atoms with Gasteiger partial charge in [0.1, 0.15) is 10.6 Å². The molecule has 0 bridgehead atoms. The average molecular weight is 307 g/mol. The number of nitrogen functional groups attached to an aromatic ring is 1. The van der Waals surface area contributed by atoms with E-state index in [1.807, 2.05) is 13.8 Å². The first kappa shape index (κ1) is 15.1. The van der Waals surface area contributed by atoms with Crippen molar-refractivity contribution in [3.63, 3.8) is 0 Å². The number of ether oxygens (including phenoxy) is 1. The zero-order chi connectivity index (χ0) is 15.6. The second-order valence-electron chi connectivity index (χ2n) is 4.77. The number of amides is 1. The van der Waals surface area contributed by atoms with Gasteiger partial charge in [-0.1, -0.05) is 0 Å². The van der Waals surface area contributed by atoms with E-state index in [4.69, 9.17) is 5.73 Å². The highest BCUT2D eigenvalue weighted by atomic mass is 32.1. The lowest BCUT2D eigenvalue weighted by molar-refractivity contribution is 0.0607. The van der Waals surface area contributed by atoms with Crippen LogP contribution in [-0.2, 0) is 4.74 Å². The van der Waals surface area contributed by atoms with Gasteiger partial charge in [-0.25, -0.2) is 4.79 Å². The second-order valence-corrected chi connectivity index (χ2v) is 5.68. The summed E-state index contributed by atoms with van der Waals surface area (Å²) in [6.07, 6.45) is 1.72. The maximum absolute atomic E-state index is 12.4. The Hall–Kier alpha value is -2.28. The molecule has 7 heteroatoms. The fourth-order valence-electron chi connectivity index (χ4n) is 1.95. The monoisotopic (exact) mass is 307 g/mol. The van der Waals surface area contributed by atoms with E-state index in [0.717, 1.165) is 0 Å². The zero-order valence-corrected chi connectivity index (χ0v) is 12.9. The second kappa shape index (κ2) is 6.01. The van der Waals surface area contributed by atoms with E-state index in [0.29, 0.717) is 21.9 Å². The number of methoxy groups -OCH3 is 1. The third-order valence-electron chi connectivity index (χ3n) is 2.94. The molecule has 0 spiro atoms. The smallest absolute Gasteiger partial charge is 0.350 e. The van der Waals surface area contributed by atoms with Crippen molar-refractivity contribution in [3.8, 4) is 0 Å². The first-order valence-corrected chi connectivity index (χ1v) is 7.26. The predicted octanol–water partition coefficient (Wildman–Crippen LogP) is 2.75. The van der Waals surface area contributed by atoms with Crippen LogP contribution in [0.15, 0.2) is 23.7 Å². The van der Waals surface area contributed by atoms with Gasteiger partial charge < -0.3 is 20.4 Å². The van der Waals surface area contributed by atoms with Crippen LogP contribution in [-0.4, -0.2) is 23.6 Å². The third kappa shape index (κ3) is 3.08. The summed E-state index contributed by atoms with van der Waals surface area (Å²) < 4.78 is 6.47. The quantitative estimate of drug-likeness (QED) is 0.850. The lowest BCUT2D eigenvalue weighted by atomic mass is 10.3. The van der Waals surface area contributed by atoms with E-state index < -0.39 is 5.97 Å². The molecule has 2 aromatic rings. The molecule has 0 radical (unpaired) electrons. The van der Waals surface area contributed by atoms with Crippen LogP contribution >= 0.6 is 11.3 Å². The Labute approximate surface area is 126 Å². The number of esters is 1. The summed E-state index contributed by atoms with van der Waals surface area (Å²) in [4.78, 5) is 24.3. The van der Waals surface area contributed by atoms with Crippen LogP contribution in [0.4, 0.5) is 11.4 Å². The third-order valence-corrected chi connectivity index (χ3v) is 3.84. The Bertz CT molecular complexity index is 673. The Kier molecular flexibility index (Phi) is 4.32. The maximum Gasteiger partial charge on any atom is 0.350 e. The molecule has 1 amide bonds. The number of thiophene rings is 1. The molecule has 0 aliphatic rings. The van der Waals surface area contributed by atoms with Crippen LogP contribution in [0.2, 0.25) is 0 Å². The van der Waals surface area contributed by atoms with E-state index in [-0.39, 0.29) is 11.9 Å². The Morgan fingerprint density at radius 2 is 2.14 bits per heavy atom. The summed E-state index contributed by atoms with van der Waals surface area (Å²) in [7, 11) is 1.30. The molecule has 112 valence electrons. The van der Waals surface area contributed by atoms with Gasteiger partial charge in [-0.15, -0.1) is 11.3 Å². The van der Waals surface area contributed by atoms with E-state index in [9.17, 15) is 9.59 Å². The van der Waals surface area contributed by atoms with Gasteiger partial charge in [0, 0.05) is 12.2 Å². The molecule has 0 aliphatic heterocycles. The molecule has 0 saturated heterocycles. The van der Waals surface area contributed by atoms with E-state index in [1.54, 1.807) is 28.3 Å². The molecule has 2 heterocycles. The average Bonchev–Trinajstić information content (AvgIpc) is 3.04. The van der Waals surface area contributed by atoms with Crippen LogP contribution in [0.25, 0.3) is 0 Å². The van der Waals surface area contributed by atoms with Gasteiger partial charge in [-0.05, 0) is 31.4 Å². The van der Waals surface area contributed by atoms with Gasteiger partial charge in [-0.2, -0.15) is 0 Å². The first-order valence-electron chi connectivity index (χ1n) is 6.38. The normalized spacial score (nSPS) is 10.7. The number of hydrogen-bond acceptors (Lipinski definition) is 5. The van der Waals surface area contributed by atoms with Gasteiger partial charge in [0.25, 0.3) is 5.91 Å². The van der Waals surface area contributed by atoms with Crippen LogP contribution in [0.5, 0.6) is 0 Å². The van der Waals surface area contributed by atoms with Gasteiger partial charge in [0.15, 0.2) is 0 Å². The number of nitrogens with two attached hydrogens (primary N) is 1. The first-order chi connectivity index (χ1) is 9.93. The summed E-state index contributed by atoms with van der Waals surface area (Å²) >= 11 is 1.21. The highest BCUT2D eigenvalue weighted by Gasteiger charge is 2.19. The number of aromatic nitrogens is 1. The summed E-state index contributed by atoms with van der Waals surface area (Å²) in [6, 6.07) is 3.38. The van der Waals surface area contributed by atoms with Crippen molar-refractivity contribution in [2.45, 2.75) is 19.9 Å². The molecule has 21 heavy (non-hydrogen) atoms. The minimum atomic E-state index is -0.473. The number of nitrogens with one attached hydrogen (secondary N) is 1. The molecular formula is C14H17N3O3S. The van der Waals surface area contributed by atoms with Gasteiger partial charge in [0.05, 0.1) is 18.5 Å². The van der Waals surface area contributed by atoms with Gasteiger partial charge >= 0.3 is 5.97 Å². The van der Waals surface area contributed by atoms with E-state index in [2.05, 4.69) is 10.1 Å². The number of anilines is 2. The van der Waals surface area contributed by atoms with E-state index in [1.165, 1.54) is 18.4 Å². The maximum atomic E-state index is 12.4. The van der Waals surface area contributed by atoms with Crippen LogP contribution < -0.4 is 11.1 Å². The van der Waals surface area contributed by atoms with Crippen molar-refractivity contribution in [3.05, 3.63) is 34.3 Å². The largest absolute Gasteiger partial charge is 0.465 e. The minimum absolute atomic E-state index is 0.102. The number of rotatable bonds is 4.